The summed E-state index contributed by atoms with van der Waals surface area (Å²) in [6, 6.07) is 6.55. The fourth-order valence-electron chi connectivity index (χ4n) is 2.46. The second-order valence-electron chi connectivity index (χ2n) is 5.12. The van der Waals surface area contributed by atoms with Gasteiger partial charge < -0.3 is 24.4 Å². The van der Waals surface area contributed by atoms with Crippen molar-refractivity contribution in [1.29, 1.82) is 0 Å². The van der Waals surface area contributed by atoms with E-state index in [1.54, 1.807) is 24.3 Å². The first-order chi connectivity index (χ1) is 12.5. The van der Waals surface area contributed by atoms with E-state index in [1.165, 1.54) is 19.1 Å². The quantitative estimate of drug-likeness (QED) is 0.603. The van der Waals surface area contributed by atoms with Crippen LogP contribution in [0, 0.1) is 12.3 Å². The Bertz CT molecular complexity index is 793. The van der Waals surface area contributed by atoms with Crippen molar-refractivity contribution in [3.05, 3.63) is 41.1 Å². The maximum atomic E-state index is 12.4. The number of carbonyl (C=O) groups excluding carboxylic acids is 3. The molecule has 0 fully saturated rings. The Morgan fingerprint density at radius 2 is 1.92 bits per heavy atom. The van der Waals surface area contributed by atoms with Crippen molar-refractivity contribution in [3.63, 3.8) is 0 Å². The predicted octanol–water partition coefficient (Wildman–Crippen LogP) is 0.444. The number of anilines is 1. The highest BCUT2D eigenvalue weighted by Gasteiger charge is 2.33. The fourth-order valence-corrected chi connectivity index (χ4v) is 2.46. The lowest BCUT2D eigenvalue weighted by Gasteiger charge is -2.32. The van der Waals surface area contributed by atoms with Crippen LogP contribution in [-0.4, -0.2) is 51.9 Å². The van der Waals surface area contributed by atoms with E-state index in [2.05, 4.69) is 11.2 Å². The van der Waals surface area contributed by atoms with Crippen LogP contribution in [0.15, 0.2) is 35.5 Å². The Hall–Kier alpha value is -3.31. The minimum Gasteiger partial charge on any atom is -0.466 e. The maximum absolute atomic E-state index is 12.4. The van der Waals surface area contributed by atoms with Crippen LogP contribution in [0.25, 0.3) is 0 Å². The van der Waals surface area contributed by atoms with Gasteiger partial charge in [0.05, 0.1) is 44.2 Å². The van der Waals surface area contributed by atoms with Crippen LogP contribution in [0.5, 0.6) is 0 Å². The molecule has 1 aliphatic rings. The van der Waals surface area contributed by atoms with Gasteiger partial charge in [-0.25, -0.2) is 9.59 Å². The van der Waals surface area contributed by atoms with Gasteiger partial charge in [0.15, 0.2) is 0 Å². The van der Waals surface area contributed by atoms with Gasteiger partial charge in [0.2, 0.25) is 0 Å². The third-order valence-corrected chi connectivity index (χ3v) is 3.62. The Balaban J connectivity index is 2.56. The third-order valence-electron chi connectivity index (χ3n) is 3.62. The molecule has 1 aliphatic heterocycles. The van der Waals surface area contributed by atoms with Crippen molar-refractivity contribution in [2.45, 2.75) is 0 Å². The molecule has 1 aromatic rings. The number of esters is 2. The Morgan fingerprint density at radius 3 is 2.58 bits per heavy atom. The number of benzene rings is 1. The molecule has 1 aromatic carbocycles. The van der Waals surface area contributed by atoms with Gasteiger partial charge in [-0.3, -0.25) is 4.79 Å². The lowest BCUT2D eigenvalue weighted by Crippen LogP contribution is -2.40. The Kier molecular flexibility index (Phi) is 6.36. The van der Waals surface area contributed by atoms with Gasteiger partial charge in [0.25, 0.3) is 5.91 Å². The van der Waals surface area contributed by atoms with Crippen molar-refractivity contribution in [3.8, 4) is 12.3 Å². The van der Waals surface area contributed by atoms with Crippen LogP contribution < -0.4 is 10.2 Å². The van der Waals surface area contributed by atoms with Crippen LogP contribution >= 0.6 is 0 Å². The minimum absolute atomic E-state index is 0.00411. The summed E-state index contributed by atoms with van der Waals surface area (Å²) in [5.74, 6) is 0.434. The van der Waals surface area contributed by atoms with Crippen LogP contribution in [0.1, 0.15) is 10.4 Å². The zero-order valence-electron chi connectivity index (χ0n) is 14.4. The molecule has 0 spiro atoms. The summed E-state index contributed by atoms with van der Waals surface area (Å²) < 4.78 is 14.9. The van der Waals surface area contributed by atoms with Crippen LogP contribution in [-0.2, 0) is 23.8 Å². The fraction of sp³-hybridized carbons (Fsp3) is 0.278. The van der Waals surface area contributed by atoms with Gasteiger partial charge in [-0.1, -0.05) is 18.1 Å². The van der Waals surface area contributed by atoms with Crippen LogP contribution in [0.4, 0.5) is 5.69 Å². The highest BCUT2D eigenvalue weighted by atomic mass is 16.5. The molecule has 2 rings (SSSR count). The van der Waals surface area contributed by atoms with E-state index >= 15 is 0 Å². The van der Waals surface area contributed by atoms with E-state index in [0.717, 1.165) is 0 Å². The number of para-hydroxylation sites is 1. The standard InChI is InChI=1S/C18H18N2O6/c1-4-9-19-16(21)12-7-5-6-8-14(12)20-11-26-10-13(17(22)24-2)15(20)18(23)25-3/h1,5-8H,9-11H2,2-3H3,(H,19,21). The first kappa shape index (κ1) is 19.0. The van der Waals surface area contributed by atoms with E-state index in [9.17, 15) is 14.4 Å². The molecule has 0 aromatic heterocycles. The molecule has 26 heavy (non-hydrogen) atoms. The highest BCUT2D eigenvalue weighted by molar-refractivity contribution is 6.06. The molecule has 0 atom stereocenters. The van der Waals surface area contributed by atoms with Crippen LogP contribution in [0.3, 0.4) is 0 Å². The zero-order chi connectivity index (χ0) is 19.1. The summed E-state index contributed by atoms with van der Waals surface area (Å²) in [6.07, 6.45) is 5.17. The number of nitrogens with one attached hydrogen (secondary N) is 1. The topological polar surface area (TPSA) is 94.2 Å². The summed E-state index contributed by atoms with van der Waals surface area (Å²) in [5.41, 5.74) is 0.592. The molecule has 0 unspecified atom stereocenters. The first-order valence-electron chi connectivity index (χ1n) is 7.60. The van der Waals surface area contributed by atoms with Gasteiger partial charge in [-0.05, 0) is 12.1 Å². The van der Waals surface area contributed by atoms with Crippen molar-refractivity contribution >= 4 is 23.5 Å². The lowest BCUT2D eigenvalue weighted by molar-refractivity contribution is -0.140. The molecule has 0 radical (unpaired) electrons. The molecule has 0 saturated carbocycles. The number of ether oxygens (including phenoxy) is 3. The third kappa shape index (κ3) is 3.84. The van der Waals surface area contributed by atoms with Gasteiger partial charge >= 0.3 is 11.9 Å². The average Bonchev–Trinajstić information content (AvgIpc) is 2.70. The Morgan fingerprint density at radius 1 is 1.23 bits per heavy atom. The summed E-state index contributed by atoms with van der Waals surface area (Å²) in [4.78, 5) is 38.1. The van der Waals surface area contributed by atoms with E-state index in [1.807, 2.05) is 0 Å². The second kappa shape index (κ2) is 8.69. The molecule has 0 bridgehead atoms. The molecule has 8 heteroatoms. The SMILES string of the molecule is C#CCNC(=O)c1ccccc1N1COCC(C(=O)OC)=C1C(=O)OC. The number of methoxy groups -OCH3 is 2. The van der Waals surface area contributed by atoms with Crippen molar-refractivity contribution in [2.24, 2.45) is 0 Å². The van der Waals surface area contributed by atoms with E-state index in [-0.39, 0.29) is 36.7 Å². The molecule has 1 heterocycles. The second-order valence-corrected chi connectivity index (χ2v) is 5.12. The minimum atomic E-state index is -0.743. The van der Waals surface area contributed by atoms with Crippen molar-refractivity contribution in [1.82, 2.24) is 5.32 Å². The number of rotatable bonds is 5. The maximum Gasteiger partial charge on any atom is 0.355 e. The monoisotopic (exact) mass is 358 g/mol. The molecule has 8 nitrogen and oxygen atoms in total. The summed E-state index contributed by atoms with van der Waals surface area (Å²) >= 11 is 0. The molecule has 1 N–H and O–H groups in total. The number of nitrogens with zero attached hydrogens (tertiary/aromatic N) is 1. The summed E-state index contributed by atoms with van der Waals surface area (Å²) in [6.45, 7) is -0.111. The number of terminal acetylenes is 1. The zero-order valence-corrected chi connectivity index (χ0v) is 14.4. The number of hydrogen-bond donors (Lipinski definition) is 1. The van der Waals surface area contributed by atoms with E-state index in [0.29, 0.717) is 5.69 Å². The number of hydrogen-bond acceptors (Lipinski definition) is 7. The van der Waals surface area contributed by atoms with Crippen LogP contribution in [0.2, 0.25) is 0 Å². The molecular formula is C18H18N2O6. The first-order valence-corrected chi connectivity index (χ1v) is 7.60. The molecule has 0 saturated heterocycles. The molecule has 1 amide bonds. The van der Waals surface area contributed by atoms with Crippen molar-refractivity contribution in [2.75, 3.05) is 39.0 Å². The van der Waals surface area contributed by atoms with E-state index in [4.69, 9.17) is 20.6 Å². The predicted molar refractivity (Wildman–Crippen MR) is 92.0 cm³/mol. The van der Waals surface area contributed by atoms with Gasteiger partial charge in [0, 0.05) is 0 Å². The number of amides is 1. The highest BCUT2D eigenvalue weighted by Crippen LogP contribution is 2.29. The van der Waals surface area contributed by atoms with Gasteiger partial charge in [-0.2, -0.15) is 0 Å². The smallest absolute Gasteiger partial charge is 0.355 e. The molecular weight excluding hydrogens is 340 g/mol. The van der Waals surface area contributed by atoms with Gasteiger partial charge in [-0.15, -0.1) is 6.42 Å². The number of carbonyl (C=O) groups is 3. The molecule has 136 valence electrons. The Labute approximate surface area is 150 Å². The summed E-state index contributed by atoms with van der Waals surface area (Å²) in [7, 11) is 2.40. The lowest BCUT2D eigenvalue weighted by atomic mass is 10.1. The summed E-state index contributed by atoms with van der Waals surface area (Å²) in [5, 5.41) is 2.56. The largest absolute Gasteiger partial charge is 0.466 e. The van der Waals surface area contributed by atoms with Crippen molar-refractivity contribution < 1.29 is 28.6 Å². The average molecular weight is 358 g/mol. The van der Waals surface area contributed by atoms with E-state index < -0.39 is 17.8 Å². The van der Waals surface area contributed by atoms with Gasteiger partial charge in [0.1, 0.15) is 12.4 Å². The molecule has 0 aliphatic carbocycles. The normalized spacial score (nSPS) is 13.7.